The number of hydrogen-bond acceptors (Lipinski definition) is 3. The third-order valence-electron chi connectivity index (χ3n) is 2.65. The second kappa shape index (κ2) is 6.00. The van der Waals surface area contributed by atoms with E-state index in [9.17, 15) is 13.5 Å². The zero-order valence-corrected chi connectivity index (χ0v) is 12.7. The zero-order chi connectivity index (χ0) is 14.7. The smallest absolute Gasteiger partial charge is 0.281 e. The van der Waals surface area contributed by atoms with Crippen LogP contribution in [-0.2, 0) is 16.8 Å². The molecule has 0 aliphatic carbocycles. The normalized spacial score (nSPS) is 13.2. The minimum Gasteiger partial charge on any atom is -0.389 e. The second-order valence-corrected chi connectivity index (χ2v) is 7.46. The lowest BCUT2D eigenvalue weighted by atomic mass is 10.1. The van der Waals surface area contributed by atoms with Gasteiger partial charge in [0.15, 0.2) is 0 Å². The average molecular weight is 286 g/mol. The molecule has 0 amide bonds. The fourth-order valence-electron chi connectivity index (χ4n) is 1.79. The largest absolute Gasteiger partial charge is 0.389 e. The minimum atomic E-state index is -3.56. The van der Waals surface area contributed by atoms with Crippen molar-refractivity contribution in [3.8, 4) is 0 Å². The molecule has 1 aromatic carbocycles. The molecule has 0 aliphatic rings. The van der Waals surface area contributed by atoms with E-state index >= 15 is 0 Å². The second-order valence-electron chi connectivity index (χ2n) is 5.32. The highest BCUT2D eigenvalue weighted by atomic mass is 32.2. The first-order valence-electron chi connectivity index (χ1n) is 6.07. The summed E-state index contributed by atoms with van der Waals surface area (Å²) in [4.78, 5) is 0. The molecule has 1 aromatic rings. The van der Waals surface area contributed by atoms with Crippen LogP contribution in [0.4, 0.5) is 0 Å². The van der Waals surface area contributed by atoms with Crippen LogP contribution in [0.2, 0.25) is 0 Å². The third kappa shape index (κ3) is 4.91. The highest BCUT2D eigenvalue weighted by Gasteiger charge is 2.28. The summed E-state index contributed by atoms with van der Waals surface area (Å²) in [6, 6.07) is 9.38. The summed E-state index contributed by atoms with van der Waals surface area (Å²) in [5, 5.41) is 9.70. The van der Waals surface area contributed by atoms with Gasteiger partial charge in [-0.05, 0) is 19.4 Å². The number of rotatable bonds is 6. The molecule has 1 rings (SSSR count). The van der Waals surface area contributed by atoms with Crippen molar-refractivity contribution in [1.29, 1.82) is 0 Å². The maximum atomic E-state index is 12.3. The van der Waals surface area contributed by atoms with Crippen molar-refractivity contribution in [2.45, 2.75) is 26.0 Å². The molecule has 0 fully saturated rings. The van der Waals surface area contributed by atoms with E-state index in [0.29, 0.717) is 6.54 Å². The molecule has 0 atom stereocenters. The van der Waals surface area contributed by atoms with Crippen molar-refractivity contribution in [1.82, 2.24) is 8.61 Å². The lowest BCUT2D eigenvalue weighted by Crippen LogP contribution is -2.45. The van der Waals surface area contributed by atoms with Crippen molar-refractivity contribution in [3.63, 3.8) is 0 Å². The van der Waals surface area contributed by atoms with Crippen LogP contribution < -0.4 is 0 Å². The molecule has 108 valence electrons. The van der Waals surface area contributed by atoms with E-state index in [1.165, 1.54) is 18.4 Å². The van der Waals surface area contributed by atoms with Gasteiger partial charge in [-0.25, -0.2) is 0 Å². The molecule has 0 radical (unpaired) electrons. The molecule has 0 unspecified atom stereocenters. The summed E-state index contributed by atoms with van der Waals surface area (Å²) in [6.07, 6.45) is 0. The van der Waals surface area contributed by atoms with Crippen molar-refractivity contribution in [2.75, 3.05) is 20.6 Å². The van der Waals surface area contributed by atoms with Gasteiger partial charge in [-0.3, -0.25) is 0 Å². The Labute approximate surface area is 115 Å². The van der Waals surface area contributed by atoms with Crippen LogP contribution in [0.5, 0.6) is 0 Å². The van der Waals surface area contributed by atoms with Crippen LogP contribution in [-0.4, -0.2) is 48.4 Å². The van der Waals surface area contributed by atoms with Gasteiger partial charge in [-0.1, -0.05) is 30.3 Å². The van der Waals surface area contributed by atoms with Gasteiger partial charge < -0.3 is 5.11 Å². The van der Waals surface area contributed by atoms with Gasteiger partial charge in [0, 0.05) is 27.2 Å². The van der Waals surface area contributed by atoms with Crippen LogP contribution in [0.3, 0.4) is 0 Å². The van der Waals surface area contributed by atoms with Gasteiger partial charge in [-0.2, -0.15) is 17.0 Å². The molecule has 0 saturated heterocycles. The minimum absolute atomic E-state index is 0.0501. The Balaban J connectivity index is 2.77. The highest BCUT2D eigenvalue weighted by molar-refractivity contribution is 7.86. The Kier molecular flexibility index (Phi) is 5.09. The average Bonchev–Trinajstić information content (AvgIpc) is 2.27. The summed E-state index contributed by atoms with van der Waals surface area (Å²) >= 11 is 0. The van der Waals surface area contributed by atoms with E-state index < -0.39 is 15.8 Å². The van der Waals surface area contributed by atoms with Crippen LogP contribution in [0.1, 0.15) is 19.4 Å². The van der Waals surface area contributed by atoms with Crippen LogP contribution in [0.15, 0.2) is 30.3 Å². The van der Waals surface area contributed by atoms with Crippen molar-refractivity contribution >= 4 is 10.2 Å². The third-order valence-corrected chi connectivity index (χ3v) is 4.48. The Hall–Kier alpha value is -0.950. The quantitative estimate of drug-likeness (QED) is 0.851. The number of nitrogens with zero attached hydrogens (tertiary/aromatic N) is 2. The van der Waals surface area contributed by atoms with Gasteiger partial charge in [0.05, 0.1) is 5.60 Å². The van der Waals surface area contributed by atoms with Crippen molar-refractivity contribution in [2.24, 2.45) is 0 Å². The van der Waals surface area contributed by atoms with Gasteiger partial charge in [0.2, 0.25) is 0 Å². The molecular weight excluding hydrogens is 264 g/mol. The maximum absolute atomic E-state index is 12.3. The summed E-state index contributed by atoms with van der Waals surface area (Å²) in [5.41, 5.74) is -0.139. The first-order chi connectivity index (χ1) is 8.63. The molecule has 0 aliphatic heterocycles. The van der Waals surface area contributed by atoms with Gasteiger partial charge in [-0.15, -0.1) is 0 Å². The first-order valence-corrected chi connectivity index (χ1v) is 7.46. The van der Waals surface area contributed by atoms with Gasteiger partial charge in [0.25, 0.3) is 10.2 Å². The lowest BCUT2D eigenvalue weighted by molar-refractivity contribution is 0.0627. The van der Waals surface area contributed by atoms with Crippen LogP contribution >= 0.6 is 0 Å². The number of aliphatic hydroxyl groups is 1. The fraction of sp³-hybridized carbons (Fsp3) is 0.538. The van der Waals surface area contributed by atoms with E-state index in [2.05, 4.69) is 0 Å². The Bertz CT molecular complexity index is 494. The Morgan fingerprint density at radius 1 is 1.11 bits per heavy atom. The fourth-order valence-corrected chi connectivity index (χ4v) is 3.05. The van der Waals surface area contributed by atoms with E-state index in [1.54, 1.807) is 13.8 Å². The highest BCUT2D eigenvalue weighted by Crippen LogP contribution is 2.13. The summed E-state index contributed by atoms with van der Waals surface area (Å²) < 4.78 is 26.9. The molecule has 6 heteroatoms. The topological polar surface area (TPSA) is 60.9 Å². The molecule has 0 aromatic heterocycles. The van der Waals surface area contributed by atoms with E-state index in [0.717, 1.165) is 9.87 Å². The standard InChI is InChI=1S/C13H22N2O3S/c1-13(2,16)11-15(4)19(17,18)14(3)10-12-8-6-5-7-9-12/h5-9,16H,10-11H2,1-4H3. The van der Waals surface area contributed by atoms with Gasteiger partial charge >= 0.3 is 0 Å². The maximum Gasteiger partial charge on any atom is 0.281 e. The van der Waals surface area contributed by atoms with Crippen molar-refractivity contribution in [3.05, 3.63) is 35.9 Å². The molecule has 1 N–H and O–H groups in total. The van der Waals surface area contributed by atoms with E-state index in [-0.39, 0.29) is 6.54 Å². The van der Waals surface area contributed by atoms with Crippen molar-refractivity contribution < 1.29 is 13.5 Å². The predicted molar refractivity (Wildman–Crippen MR) is 75.8 cm³/mol. The molecular formula is C13H22N2O3S. The Morgan fingerprint density at radius 2 is 1.63 bits per heavy atom. The van der Waals surface area contributed by atoms with Gasteiger partial charge in [0.1, 0.15) is 0 Å². The predicted octanol–water partition coefficient (Wildman–Crippen LogP) is 1.07. The molecule has 5 nitrogen and oxygen atoms in total. The van der Waals surface area contributed by atoms with Crippen LogP contribution in [0, 0.1) is 0 Å². The monoisotopic (exact) mass is 286 g/mol. The first kappa shape index (κ1) is 16.1. The number of benzene rings is 1. The molecule has 19 heavy (non-hydrogen) atoms. The summed E-state index contributed by atoms with van der Waals surface area (Å²) in [6.45, 7) is 3.51. The molecule has 0 bridgehead atoms. The van der Waals surface area contributed by atoms with E-state index in [1.807, 2.05) is 30.3 Å². The lowest BCUT2D eigenvalue weighted by Gasteiger charge is -2.28. The SMILES string of the molecule is CN(Cc1ccccc1)S(=O)(=O)N(C)CC(C)(C)O. The summed E-state index contributed by atoms with van der Waals surface area (Å²) in [5.74, 6) is 0. The Morgan fingerprint density at radius 3 is 2.11 bits per heavy atom. The summed E-state index contributed by atoms with van der Waals surface area (Å²) in [7, 11) is -0.566. The van der Waals surface area contributed by atoms with E-state index in [4.69, 9.17) is 0 Å². The number of likely N-dealkylation sites (N-methyl/N-ethyl adjacent to an activating group) is 1. The molecule has 0 spiro atoms. The van der Waals surface area contributed by atoms with Crippen LogP contribution in [0.25, 0.3) is 0 Å². The molecule has 0 heterocycles. The zero-order valence-electron chi connectivity index (χ0n) is 11.9. The number of hydrogen-bond donors (Lipinski definition) is 1. The molecule has 0 saturated carbocycles.